The van der Waals surface area contributed by atoms with Crippen molar-refractivity contribution < 1.29 is 5.11 Å². The first-order chi connectivity index (χ1) is 10.7. The number of nitrogens with zero attached hydrogens (tertiary/aromatic N) is 1. The van der Waals surface area contributed by atoms with Crippen LogP contribution in [0.5, 0.6) is 0 Å². The van der Waals surface area contributed by atoms with Crippen molar-refractivity contribution >= 4 is 18.1 Å². The Hall–Kier alpha value is -1.55. The molecular formula is C19H27ClN2O. The zero-order chi connectivity index (χ0) is 15.9. The topological polar surface area (TPSA) is 49.5 Å². The molecule has 23 heavy (non-hydrogen) atoms. The minimum atomic E-state index is -0.582. The van der Waals surface area contributed by atoms with Gasteiger partial charge >= 0.3 is 0 Å². The Morgan fingerprint density at radius 3 is 2.04 bits per heavy atom. The van der Waals surface area contributed by atoms with Gasteiger partial charge in [0.05, 0.1) is 12.1 Å². The molecule has 0 spiro atoms. The Labute approximate surface area is 145 Å². The second-order valence-corrected chi connectivity index (χ2v) is 5.55. The second-order valence-electron chi connectivity index (χ2n) is 5.55. The van der Waals surface area contributed by atoms with Crippen molar-refractivity contribution in [3.63, 3.8) is 0 Å². The summed E-state index contributed by atoms with van der Waals surface area (Å²) >= 11 is 0. The molecule has 0 saturated carbocycles. The lowest BCUT2D eigenvalue weighted by Gasteiger charge is -2.23. The van der Waals surface area contributed by atoms with Gasteiger partial charge in [0.25, 0.3) is 0 Å². The molecule has 0 fully saturated rings. The number of aliphatic hydroxyl groups is 1. The fraction of sp³-hybridized carbons (Fsp3) is 0.368. The van der Waals surface area contributed by atoms with E-state index in [0.29, 0.717) is 6.42 Å². The Bertz CT molecular complexity index is 555. The normalized spacial score (nSPS) is 13.0. The van der Waals surface area contributed by atoms with E-state index in [1.807, 2.05) is 42.5 Å². The number of rotatable bonds is 7. The summed E-state index contributed by atoms with van der Waals surface area (Å²) in [6.07, 6.45) is -0.0125. The summed E-state index contributed by atoms with van der Waals surface area (Å²) in [6, 6.07) is 17.8. The lowest BCUT2D eigenvalue weighted by molar-refractivity contribution is 0.145. The average Bonchev–Trinajstić information content (AvgIpc) is 2.57. The molecule has 0 aliphatic carbocycles. The highest BCUT2D eigenvalue weighted by molar-refractivity contribution is 5.85. The third kappa shape index (κ3) is 5.24. The first-order valence-electron chi connectivity index (χ1n) is 7.98. The molecule has 0 radical (unpaired) electrons. The Morgan fingerprint density at radius 2 is 1.52 bits per heavy atom. The third-order valence-corrected chi connectivity index (χ3v) is 4.11. The Kier molecular flexibility index (Phi) is 8.10. The molecule has 0 amide bonds. The van der Waals surface area contributed by atoms with Crippen molar-refractivity contribution in [3.05, 3.63) is 65.7 Å². The van der Waals surface area contributed by atoms with Gasteiger partial charge in [-0.15, -0.1) is 12.4 Å². The maximum absolute atomic E-state index is 10.4. The van der Waals surface area contributed by atoms with E-state index in [1.54, 1.807) is 0 Å². The zero-order valence-corrected chi connectivity index (χ0v) is 14.7. The van der Waals surface area contributed by atoms with Crippen molar-refractivity contribution in [2.75, 3.05) is 18.0 Å². The van der Waals surface area contributed by atoms with E-state index in [1.165, 1.54) is 5.69 Å². The molecule has 4 heteroatoms. The molecular weight excluding hydrogens is 308 g/mol. The molecule has 0 heterocycles. The van der Waals surface area contributed by atoms with Gasteiger partial charge in [-0.25, -0.2) is 0 Å². The zero-order valence-electron chi connectivity index (χ0n) is 13.9. The van der Waals surface area contributed by atoms with Gasteiger partial charge < -0.3 is 15.7 Å². The summed E-state index contributed by atoms with van der Waals surface area (Å²) in [6.45, 7) is 6.26. The highest BCUT2D eigenvalue weighted by atomic mass is 35.5. The van der Waals surface area contributed by atoms with Crippen LogP contribution >= 0.6 is 12.4 Å². The van der Waals surface area contributed by atoms with Crippen LogP contribution in [0.3, 0.4) is 0 Å². The molecule has 0 unspecified atom stereocenters. The predicted octanol–water partition coefficient (Wildman–Crippen LogP) is 3.56. The maximum atomic E-state index is 10.4. The van der Waals surface area contributed by atoms with Gasteiger partial charge in [0.15, 0.2) is 0 Å². The van der Waals surface area contributed by atoms with Crippen molar-refractivity contribution in [2.45, 2.75) is 32.4 Å². The van der Waals surface area contributed by atoms with Gasteiger partial charge in [-0.3, -0.25) is 0 Å². The minimum Gasteiger partial charge on any atom is -0.391 e. The molecule has 126 valence electrons. The maximum Gasteiger partial charge on any atom is 0.0773 e. The predicted molar refractivity (Wildman–Crippen MR) is 100 cm³/mol. The van der Waals surface area contributed by atoms with Crippen LogP contribution in [0.4, 0.5) is 5.69 Å². The number of hydrogen-bond donors (Lipinski definition) is 2. The van der Waals surface area contributed by atoms with E-state index < -0.39 is 6.10 Å². The van der Waals surface area contributed by atoms with Crippen LogP contribution in [0.15, 0.2) is 54.6 Å². The number of halogens is 1. The van der Waals surface area contributed by atoms with Crippen LogP contribution in [-0.4, -0.2) is 24.3 Å². The molecule has 3 nitrogen and oxygen atoms in total. The monoisotopic (exact) mass is 334 g/mol. The highest BCUT2D eigenvalue weighted by Gasteiger charge is 2.17. The van der Waals surface area contributed by atoms with Crippen molar-refractivity contribution in [3.8, 4) is 0 Å². The van der Waals surface area contributed by atoms with Gasteiger partial charge in [-0.05, 0) is 37.1 Å². The summed E-state index contributed by atoms with van der Waals surface area (Å²) in [5.41, 5.74) is 9.48. The van der Waals surface area contributed by atoms with Gasteiger partial charge in [0.1, 0.15) is 0 Å². The molecule has 2 atom stereocenters. The van der Waals surface area contributed by atoms with Gasteiger partial charge in [-0.1, -0.05) is 42.5 Å². The van der Waals surface area contributed by atoms with Crippen LogP contribution in [0.2, 0.25) is 0 Å². The van der Waals surface area contributed by atoms with Gasteiger partial charge in [-0.2, -0.15) is 0 Å². The molecule has 3 N–H and O–H groups in total. The van der Waals surface area contributed by atoms with Gasteiger partial charge in [0.2, 0.25) is 0 Å². The number of aliphatic hydroxyl groups excluding tert-OH is 1. The number of anilines is 1. The second kappa shape index (κ2) is 9.56. The first kappa shape index (κ1) is 19.5. The third-order valence-electron chi connectivity index (χ3n) is 4.11. The van der Waals surface area contributed by atoms with E-state index in [2.05, 4.69) is 30.9 Å². The Balaban J connectivity index is 0.00000264. The van der Waals surface area contributed by atoms with E-state index in [9.17, 15) is 5.11 Å². The van der Waals surface area contributed by atoms with Gasteiger partial charge in [0, 0.05) is 25.2 Å². The fourth-order valence-electron chi connectivity index (χ4n) is 2.70. The summed E-state index contributed by atoms with van der Waals surface area (Å²) in [5.74, 6) is 0. The standard InChI is InChI=1S/C19H26N2O.ClH/c1-3-21(4-2)17-12-10-16(11-13-17)19(20)18(22)14-15-8-6-5-7-9-15;/h5-13,18-19,22H,3-4,14,20H2,1-2H3;1H/t18-,19+;/m1./s1. The van der Waals surface area contributed by atoms with E-state index in [-0.39, 0.29) is 18.4 Å². The SMILES string of the molecule is CCN(CC)c1ccc([C@H](N)[C@H](O)Cc2ccccc2)cc1.Cl. The number of hydrogen-bond acceptors (Lipinski definition) is 3. The van der Waals surface area contributed by atoms with Crippen molar-refractivity contribution in [1.29, 1.82) is 0 Å². The van der Waals surface area contributed by atoms with E-state index in [0.717, 1.165) is 24.2 Å². The fourth-order valence-corrected chi connectivity index (χ4v) is 2.70. The van der Waals surface area contributed by atoms with Crippen LogP contribution in [0.25, 0.3) is 0 Å². The number of nitrogens with two attached hydrogens (primary N) is 1. The molecule has 0 aliphatic rings. The average molecular weight is 335 g/mol. The molecule has 0 aliphatic heterocycles. The molecule has 0 saturated heterocycles. The molecule has 0 bridgehead atoms. The molecule has 2 aromatic rings. The molecule has 0 aromatic heterocycles. The largest absolute Gasteiger partial charge is 0.391 e. The number of benzene rings is 2. The van der Waals surface area contributed by atoms with Crippen LogP contribution in [0, 0.1) is 0 Å². The smallest absolute Gasteiger partial charge is 0.0773 e. The van der Waals surface area contributed by atoms with Crippen LogP contribution in [-0.2, 0) is 6.42 Å². The van der Waals surface area contributed by atoms with Crippen molar-refractivity contribution in [2.24, 2.45) is 5.73 Å². The van der Waals surface area contributed by atoms with E-state index >= 15 is 0 Å². The summed E-state index contributed by atoms with van der Waals surface area (Å²) in [5, 5.41) is 10.4. The summed E-state index contributed by atoms with van der Waals surface area (Å²) < 4.78 is 0. The quantitative estimate of drug-likeness (QED) is 0.814. The minimum absolute atomic E-state index is 0. The highest BCUT2D eigenvalue weighted by Crippen LogP contribution is 2.21. The van der Waals surface area contributed by atoms with E-state index in [4.69, 9.17) is 5.73 Å². The summed E-state index contributed by atoms with van der Waals surface area (Å²) in [7, 11) is 0. The molecule has 2 aromatic carbocycles. The Morgan fingerprint density at radius 1 is 0.957 bits per heavy atom. The first-order valence-corrected chi connectivity index (χ1v) is 7.98. The molecule has 2 rings (SSSR count). The van der Waals surface area contributed by atoms with Crippen molar-refractivity contribution in [1.82, 2.24) is 0 Å². The lowest BCUT2D eigenvalue weighted by atomic mass is 9.96. The lowest BCUT2D eigenvalue weighted by Crippen LogP contribution is -2.28. The van der Waals surface area contributed by atoms with Crippen LogP contribution in [0.1, 0.15) is 31.0 Å². The summed E-state index contributed by atoms with van der Waals surface area (Å²) in [4.78, 5) is 2.29. The van der Waals surface area contributed by atoms with Crippen LogP contribution < -0.4 is 10.6 Å².